The number of likely N-dealkylation sites (tertiary alicyclic amines) is 1. The third kappa shape index (κ3) is 7.95. The molecule has 1 saturated heterocycles. The van der Waals surface area contributed by atoms with Crippen molar-refractivity contribution >= 4 is 47.2 Å². The van der Waals surface area contributed by atoms with Crippen molar-refractivity contribution in [1.82, 2.24) is 15.5 Å². The third-order valence-electron chi connectivity index (χ3n) is 4.75. The second-order valence-corrected chi connectivity index (χ2v) is 7.61. The average molecular weight is 508 g/mol. The minimum atomic E-state index is -0.138. The van der Waals surface area contributed by atoms with Gasteiger partial charge in [-0.3, -0.25) is 14.7 Å². The zero-order chi connectivity index (χ0) is 18.8. The smallest absolute Gasteiger partial charge is 0.305 e. The van der Waals surface area contributed by atoms with Gasteiger partial charge in [-0.2, -0.15) is 0 Å². The summed E-state index contributed by atoms with van der Waals surface area (Å²) in [5.74, 6) is 1.22. The van der Waals surface area contributed by atoms with E-state index in [1.807, 2.05) is 18.3 Å². The van der Waals surface area contributed by atoms with Crippen molar-refractivity contribution in [2.75, 3.05) is 40.3 Å². The van der Waals surface area contributed by atoms with E-state index in [0.29, 0.717) is 31.5 Å². The predicted octanol–water partition coefficient (Wildman–Crippen LogP) is 3.26. The fourth-order valence-electron chi connectivity index (χ4n) is 3.50. The van der Waals surface area contributed by atoms with Crippen LogP contribution < -0.4 is 10.6 Å². The highest BCUT2D eigenvalue weighted by molar-refractivity contribution is 14.0. The number of esters is 1. The van der Waals surface area contributed by atoms with Gasteiger partial charge in [-0.25, -0.2) is 0 Å². The van der Waals surface area contributed by atoms with Crippen LogP contribution in [0.25, 0.3) is 0 Å². The molecule has 1 aromatic heterocycles. The summed E-state index contributed by atoms with van der Waals surface area (Å²) in [7, 11) is 4.00. The number of halogens is 1. The van der Waals surface area contributed by atoms with E-state index in [2.05, 4.69) is 45.1 Å². The van der Waals surface area contributed by atoms with Crippen LogP contribution in [-0.4, -0.2) is 57.2 Å². The molecule has 2 heterocycles. The fraction of sp³-hybridized carbons (Fsp3) is 0.684. The number of rotatable bonds is 8. The zero-order valence-corrected chi connectivity index (χ0v) is 19.7. The van der Waals surface area contributed by atoms with Gasteiger partial charge >= 0.3 is 5.97 Å². The lowest BCUT2D eigenvalue weighted by molar-refractivity contribution is -0.143. The van der Waals surface area contributed by atoms with Crippen molar-refractivity contribution in [3.05, 3.63) is 22.4 Å². The Balaban J connectivity index is 0.00000364. The van der Waals surface area contributed by atoms with Gasteiger partial charge in [0.25, 0.3) is 0 Å². The number of carbonyl (C=O) groups is 1. The molecule has 0 amide bonds. The lowest BCUT2D eigenvalue weighted by Crippen LogP contribution is -2.45. The number of thiophene rings is 1. The first kappa shape index (κ1) is 24.2. The number of aliphatic imine (C=N–C) groups is 1. The van der Waals surface area contributed by atoms with Gasteiger partial charge in [-0.05, 0) is 57.1 Å². The Kier molecular flexibility index (Phi) is 11.9. The van der Waals surface area contributed by atoms with Crippen molar-refractivity contribution in [1.29, 1.82) is 0 Å². The first-order chi connectivity index (χ1) is 12.7. The van der Waals surface area contributed by atoms with E-state index < -0.39 is 0 Å². The van der Waals surface area contributed by atoms with Gasteiger partial charge in [0.1, 0.15) is 0 Å². The van der Waals surface area contributed by atoms with Gasteiger partial charge in [0.05, 0.1) is 6.61 Å². The van der Waals surface area contributed by atoms with E-state index in [0.717, 1.165) is 25.5 Å². The molecule has 8 heteroatoms. The van der Waals surface area contributed by atoms with Crippen LogP contribution in [0.2, 0.25) is 0 Å². The Hall–Kier alpha value is -0.870. The maximum atomic E-state index is 11.4. The van der Waals surface area contributed by atoms with Crippen molar-refractivity contribution < 1.29 is 9.53 Å². The van der Waals surface area contributed by atoms with Gasteiger partial charge in [-0.1, -0.05) is 6.07 Å². The average Bonchev–Trinajstić information content (AvgIpc) is 3.15. The van der Waals surface area contributed by atoms with Gasteiger partial charge in [0, 0.05) is 37.5 Å². The monoisotopic (exact) mass is 508 g/mol. The van der Waals surface area contributed by atoms with Crippen LogP contribution in [0.1, 0.15) is 43.5 Å². The molecule has 0 spiro atoms. The summed E-state index contributed by atoms with van der Waals surface area (Å²) in [5.41, 5.74) is 0. The molecule has 2 unspecified atom stereocenters. The van der Waals surface area contributed by atoms with E-state index in [4.69, 9.17) is 4.74 Å². The molecule has 2 N–H and O–H groups in total. The highest BCUT2D eigenvalue weighted by atomic mass is 127. The summed E-state index contributed by atoms with van der Waals surface area (Å²) in [6.45, 7) is 5.02. The number of nitrogens with zero attached hydrogens (tertiary/aromatic N) is 2. The Bertz CT molecular complexity index is 568. The second-order valence-electron chi connectivity index (χ2n) is 6.63. The number of piperidine rings is 1. The molecule has 1 aromatic rings. The fourth-order valence-corrected chi connectivity index (χ4v) is 4.49. The number of carbonyl (C=O) groups excluding carboxylic acids is 1. The standard InChI is InChI=1S/C19H32N4O2S.HI/c1-4-25-17(24)10-5-11-21-19(20-2)22-14-15-8-6-12-23(3)18(15)16-9-7-13-26-16;/h7,9,13,15,18H,4-6,8,10-12,14H2,1-3H3,(H2,20,21,22);1H. The number of guanidine groups is 1. The Morgan fingerprint density at radius 3 is 2.93 bits per heavy atom. The second kappa shape index (κ2) is 13.3. The van der Waals surface area contributed by atoms with Gasteiger partial charge in [0.2, 0.25) is 0 Å². The lowest BCUT2D eigenvalue weighted by atomic mass is 9.88. The first-order valence-electron chi connectivity index (χ1n) is 9.49. The van der Waals surface area contributed by atoms with Gasteiger partial charge < -0.3 is 15.4 Å². The maximum absolute atomic E-state index is 11.4. The number of ether oxygens (including phenoxy) is 1. The molecule has 2 atom stereocenters. The molecule has 2 rings (SSSR count). The largest absolute Gasteiger partial charge is 0.466 e. The van der Waals surface area contributed by atoms with E-state index in [1.165, 1.54) is 17.7 Å². The molecule has 0 radical (unpaired) electrons. The molecule has 0 aliphatic carbocycles. The molecule has 1 aliphatic rings. The van der Waals surface area contributed by atoms with Gasteiger partial charge in [-0.15, -0.1) is 35.3 Å². The molecule has 0 bridgehead atoms. The van der Waals surface area contributed by atoms with Crippen LogP contribution in [0.3, 0.4) is 0 Å². The first-order valence-corrected chi connectivity index (χ1v) is 10.4. The quantitative estimate of drug-likeness (QED) is 0.186. The van der Waals surface area contributed by atoms with Gasteiger partial charge in [0.15, 0.2) is 5.96 Å². The maximum Gasteiger partial charge on any atom is 0.305 e. The molecule has 0 aromatic carbocycles. The van der Waals surface area contributed by atoms with Crippen molar-refractivity contribution in [3.8, 4) is 0 Å². The zero-order valence-electron chi connectivity index (χ0n) is 16.6. The van der Waals surface area contributed by atoms with Crippen LogP contribution >= 0.6 is 35.3 Å². The van der Waals surface area contributed by atoms with Crippen molar-refractivity contribution in [2.45, 2.75) is 38.6 Å². The normalized spacial score (nSPS) is 20.6. The molecular formula is C19H33IN4O2S. The van der Waals surface area contributed by atoms with Crippen LogP contribution in [0.15, 0.2) is 22.5 Å². The third-order valence-corrected chi connectivity index (χ3v) is 5.70. The summed E-state index contributed by atoms with van der Waals surface area (Å²) in [4.78, 5) is 19.6. The van der Waals surface area contributed by atoms with Crippen LogP contribution in [-0.2, 0) is 9.53 Å². The highest BCUT2D eigenvalue weighted by Crippen LogP contribution is 2.36. The Morgan fingerprint density at radius 1 is 1.44 bits per heavy atom. The molecule has 1 aliphatic heterocycles. The minimum absolute atomic E-state index is 0. The molecule has 1 fully saturated rings. The Labute approximate surface area is 184 Å². The summed E-state index contributed by atoms with van der Waals surface area (Å²) < 4.78 is 4.94. The Morgan fingerprint density at radius 2 is 2.26 bits per heavy atom. The van der Waals surface area contributed by atoms with E-state index >= 15 is 0 Å². The molecule has 154 valence electrons. The summed E-state index contributed by atoms with van der Waals surface area (Å²) in [5, 5.41) is 8.91. The summed E-state index contributed by atoms with van der Waals surface area (Å²) >= 11 is 1.84. The number of hydrogen-bond donors (Lipinski definition) is 2. The van der Waals surface area contributed by atoms with Crippen LogP contribution in [0.4, 0.5) is 0 Å². The van der Waals surface area contributed by atoms with Crippen LogP contribution in [0.5, 0.6) is 0 Å². The lowest BCUT2D eigenvalue weighted by Gasteiger charge is -2.39. The molecule has 27 heavy (non-hydrogen) atoms. The SMILES string of the molecule is CCOC(=O)CCCNC(=NC)NCC1CCCN(C)C1c1cccs1.I. The molecular weight excluding hydrogens is 475 g/mol. The molecule has 0 saturated carbocycles. The predicted molar refractivity (Wildman–Crippen MR) is 123 cm³/mol. The topological polar surface area (TPSA) is 66.0 Å². The van der Waals surface area contributed by atoms with Crippen molar-refractivity contribution in [3.63, 3.8) is 0 Å². The highest BCUT2D eigenvalue weighted by Gasteiger charge is 2.31. The van der Waals surface area contributed by atoms with E-state index in [-0.39, 0.29) is 29.9 Å². The number of nitrogens with one attached hydrogen (secondary N) is 2. The summed E-state index contributed by atoms with van der Waals surface area (Å²) in [6, 6.07) is 4.85. The summed E-state index contributed by atoms with van der Waals surface area (Å²) in [6.07, 6.45) is 3.63. The van der Waals surface area contributed by atoms with Crippen LogP contribution in [0, 0.1) is 5.92 Å². The minimum Gasteiger partial charge on any atom is -0.466 e. The number of hydrogen-bond acceptors (Lipinski definition) is 5. The molecule has 6 nitrogen and oxygen atoms in total. The van der Waals surface area contributed by atoms with E-state index in [9.17, 15) is 4.79 Å². The van der Waals surface area contributed by atoms with E-state index in [1.54, 1.807) is 7.05 Å². The van der Waals surface area contributed by atoms with Crippen molar-refractivity contribution in [2.24, 2.45) is 10.9 Å².